The minimum atomic E-state index is -0.261. The molecular formula is C7H9N5O2S. The molecule has 0 fully saturated rings. The molecule has 8 heteroatoms. The number of hydrogen-bond donors (Lipinski definition) is 0. The summed E-state index contributed by atoms with van der Waals surface area (Å²) >= 11 is 1.28. The Balaban J connectivity index is 2.29. The maximum absolute atomic E-state index is 11.4. The van der Waals surface area contributed by atoms with E-state index in [0.717, 1.165) is 5.56 Å². The number of ether oxygens (including phenoxy) is 1. The van der Waals surface area contributed by atoms with E-state index < -0.39 is 0 Å². The van der Waals surface area contributed by atoms with Crippen LogP contribution in [0.5, 0.6) is 5.88 Å². The fourth-order valence-corrected chi connectivity index (χ4v) is 1.78. The summed E-state index contributed by atoms with van der Waals surface area (Å²) < 4.78 is 11.5. The van der Waals surface area contributed by atoms with Gasteiger partial charge in [0, 0.05) is 18.0 Å². The summed E-state index contributed by atoms with van der Waals surface area (Å²) in [6.07, 6.45) is 0. The molecular weight excluding hydrogens is 218 g/mol. The summed E-state index contributed by atoms with van der Waals surface area (Å²) in [5.74, 6) is 0.526. The van der Waals surface area contributed by atoms with Gasteiger partial charge in [-0.1, -0.05) is 0 Å². The first-order chi connectivity index (χ1) is 7.22. The van der Waals surface area contributed by atoms with Crippen molar-refractivity contribution in [1.29, 1.82) is 0 Å². The fourth-order valence-electron chi connectivity index (χ4n) is 1.13. The van der Waals surface area contributed by atoms with Crippen LogP contribution in [0.4, 0.5) is 0 Å². The molecule has 2 rings (SSSR count). The molecule has 2 aromatic rings. The Morgan fingerprint density at radius 3 is 2.93 bits per heavy atom. The highest BCUT2D eigenvalue weighted by Gasteiger charge is 2.10. The largest absolute Gasteiger partial charge is 0.480 e. The summed E-state index contributed by atoms with van der Waals surface area (Å²) in [6.45, 7) is 0.326. The van der Waals surface area contributed by atoms with Crippen LogP contribution in [0.25, 0.3) is 0 Å². The molecule has 0 radical (unpaired) electrons. The average molecular weight is 227 g/mol. The Morgan fingerprint density at radius 1 is 1.53 bits per heavy atom. The van der Waals surface area contributed by atoms with Crippen molar-refractivity contribution >= 4 is 11.5 Å². The summed E-state index contributed by atoms with van der Waals surface area (Å²) in [4.78, 5) is 11.4. The molecule has 0 aliphatic carbocycles. The van der Waals surface area contributed by atoms with Crippen LogP contribution in [0.2, 0.25) is 0 Å². The Labute approximate surface area is 89.1 Å². The maximum Gasteiger partial charge on any atom is 0.363 e. The molecule has 80 valence electrons. The van der Waals surface area contributed by atoms with Crippen LogP contribution in [-0.2, 0) is 13.6 Å². The zero-order valence-corrected chi connectivity index (χ0v) is 9.06. The molecule has 15 heavy (non-hydrogen) atoms. The second kappa shape index (κ2) is 3.81. The number of aromatic nitrogens is 5. The van der Waals surface area contributed by atoms with Gasteiger partial charge >= 0.3 is 5.69 Å². The van der Waals surface area contributed by atoms with Gasteiger partial charge in [0.1, 0.15) is 0 Å². The van der Waals surface area contributed by atoms with Crippen LogP contribution in [0.3, 0.4) is 0 Å². The monoisotopic (exact) mass is 227 g/mol. The Hall–Kier alpha value is -1.70. The van der Waals surface area contributed by atoms with Gasteiger partial charge in [-0.2, -0.15) is 13.7 Å². The van der Waals surface area contributed by atoms with Gasteiger partial charge in [-0.3, -0.25) is 0 Å². The molecule has 0 bridgehead atoms. The molecule has 0 saturated heterocycles. The molecule has 0 aliphatic rings. The lowest BCUT2D eigenvalue weighted by Gasteiger charge is -1.98. The molecule has 7 nitrogen and oxygen atoms in total. The third kappa shape index (κ3) is 1.75. The van der Waals surface area contributed by atoms with Crippen molar-refractivity contribution < 1.29 is 4.74 Å². The molecule has 0 aliphatic heterocycles. The summed E-state index contributed by atoms with van der Waals surface area (Å²) in [6, 6.07) is 0. The first kappa shape index (κ1) is 9.84. The van der Waals surface area contributed by atoms with E-state index in [4.69, 9.17) is 4.74 Å². The number of nitrogens with zero attached hydrogens (tertiary/aromatic N) is 5. The van der Waals surface area contributed by atoms with Crippen LogP contribution in [0.15, 0.2) is 10.2 Å². The Morgan fingerprint density at radius 2 is 2.33 bits per heavy atom. The average Bonchev–Trinajstić information content (AvgIpc) is 2.80. The van der Waals surface area contributed by atoms with E-state index in [2.05, 4.69) is 14.8 Å². The predicted octanol–water partition coefficient (Wildman–Crippen LogP) is -0.510. The quantitative estimate of drug-likeness (QED) is 0.706. The van der Waals surface area contributed by atoms with Crippen LogP contribution < -0.4 is 10.4 Å². The van der Waals surface area contributed by atoms with E-state index in [1.807, 2.05) is 5.38 Å². The lowest BCUT2D eigenvalue weighted by atomic mass is 10.3. The van der Waals surface area contributed by atoms with Gasteiger partial charge in [-0.25, -0.2) is 4.79 Å². The molecule has 0 aromatic carbocycles. The molecule has 0 saturated carbocycles. The van der Waals surface area contributed by atoms with Crippen LogP contribution in [0, 0.1) is 0 Å². The zero-order valence-electron chi connectivity index (χ0n) is 8.25. The van der Waals surface area contributed by atoms with E-state index in [-0.39, 0.29) is 5.69 Å². The Bertz CT molecular complexity index is 513. The summed E-state index contributed by atoms with van der Waals surface area (Å²) in [7, 11) is 3.09. The zero-order chi connectivity index (χ0) is 10.8. The van der Waals surface area contributed by atoms with Crippen molar-refractivity contribution in [1.82, 2.24) is 24.2 Å². The highest BCUT2D eigenvalue weighted by atomic mass is 32.1. The highest BCUT2D eigenvalue weighted by molar-refractivity contribution is 7.03. The summed E-state index contributed by atoms with van der Waals surface area (Å²) in [5, 5.41) is 9.13. The maximum atomic E-state index is 11.4. The molecule has 0 amide bonds. The second-order valence-electron chi connectivity index (χ2n) is 2.89. The van der Waals surface area contributed by atoms with Crippen molar-refractivity contribution in [3.63, 3.8) is 0 Å². The van der Waals surface area contributed by atoms with E-state index in [1.54, 1.807) is 7.05 Å². The number of methoxy groups -OCH3 is 1. The van der Waals surface area contributed by atoms with Gasteiger partial charge in [-0.05, 0) is 22.0 Å². The predicted molar refractivity (Wildman–Crippen MR) is 53.0 cm³/mol. The number of tetrazole rings is 1. The van der Waals surface area contributed by atoms with Crippen molar-refractivity contribution in [2.75, 3.05) is 7.11 Å². The van der Waals surface area contributed by atoms with E-state index in [0.29, 0.717) is 12.4 Å². The molecule has 2 aromatic heterocycles. The highest BCUT2D eigenvalue weighted by Crippen LogP contribution is 2.18. The lowest BCUT2D eigenvalue weighted by molar-refractivity contribution is 0.395. The van der Waals surface area contributed by atoms with Crippen molar-refractivity contribution in [2.45, 2.75) is 6.54 Å². The normalized spacial score (nSPS) is 10.5. The molecule has 0 spiro atoms. The third-order valence-electron chi connectivity index (χ3n) is 1.90. The molecule has 2 heterocycles. The van der Waals surface area contributed by atoms with Gasteiger partial charge in [0.25, 0.3) is 0 Å². The van der Waals surface area contributed by atoms with Gasteiger partial charge in [0.2, 0.25) is 5.88 Å². The van der Waals surface area contributed by atoms with Gasteiger partial charge < -0.3 is 4.74 Å². The number of aryl methyl sites for hydroxylation is 1. The minimum absolute atomic E-state index is 0.261. The number of rotatable bonds is 3. The van der Waals surface area contributed by atoms with Crippen LogP contribution >= 0.6 is 11.5 Å². The van der Waals surface area contributed by atoms with Crippen molar-refractivity contribution in [3.05, 3.63) is 21.4 Å². The van der Waals surface area contributed by atoms with Gasteiger partial charge in [-0.15, -0.1) is 0 Å². The van der Waals surface area contributed by atoms with Crippen LogP contribution in [0.1, 0.15) is 5.56 Å². The second-order valence-corrected chi connectivity index (χ2v) is 3.52. The van der Waals surface area contributed by atoms with Crippen LogP contribution in [-0.4, -0.2) is 31.3 Å². The number of hydrogen-bond acceptors (Lipinski definition) is 6. The lowest BCUT2D eigenvalue weighted by Crippen LogP contribution is -2.23. The van der Waals surface area contributed by atoms with E-state index in [9.17, 15) is 4.79 Å². The van der Waals surface area contributed by atoms with E-state index in [1.165, 1.54) is 28.0 Å². The fraction of sp³-hybridized carbons (Fsp3) is 0.429. The first-order valence-corrected chi connectivity index (χ1v) is 5.00. The third-order valence-corrected chi connectivity index (χ3v) is 2.56. The Kier molecular flexibility index (Phi) is 2.50. The molecule has 0 atom stereocenters. The van der Waals surface area contributed by atoms with Crippen molar-refractivity contribution in [2.24, 2.45) is 7.05 Å². The first-order valence-electron chi connectivity index (χ1n) is 4.16. The van der Waals surface area contributed by atoms with Gasteiger partial charge in [0.15, 0.2) is 0 Å². The summed E-state index contributed by atoms with van der Waals surface area (Å²) in [5.41, 5.74) is 0.563. The van der Waals surface area contributed by atoms with Crippen molar-refractivity contribution in [3.8, 4) is 5.88 Å². The van der Waals surface area contributed by atoms with Gasteiger partial charge in [0.05, 0.1) is 13.7 Å². The minimum Gasteiger partial charge on any atom is -0.480 e. The standard InChI is InChI=1S/C7H9N5O2S/c1-11-7(13)12(10-9-11)3-5-4-15-8-6(5)14-2/h4H,3H2,1-2H3. The van der Waals surface area contributed by atoms with E-state index >= 15 is 0 Å². The SMILES string of the molecule is COc1nscc1Cn1nnn(C)c1=O. The topological polar surface area (TPSA) is 74.8 Å². The smallest absolute Gasteiger partial charge is 0.363 e. The molecule has 0 N–H and O–H groups in total. The molecule has 0 unspecified atom stereocenters.